The molecule has 2 aromatic rings. The van der Waals surface area contributed by atoms with Crippen molar-refractivity contribution in [2.45, 2.75) is 170 Å². The SMILES string of the molecule is CCC(C)(COCC(C)(CC)CN1C(=O)C=CC1=O)CC(=O)NC(C(=O)NC(CCCNC(N)=O)C(=O)Nc1ccc(S(=O)(=O)NC(=O)C(C)=CC(C(C)C)N(C)C(=O)C(NC(=O)C(NC)C(C)(C)c2ccccc2)C(C)(C)C)cc1F)C(C)C. The Morgan fingerprint density at radius 2 is 1.38 bits per heavy atom. The van der Waals surface area contributed by atoms with Gasteiger partial charge in [0.2, 0.25) is 29.5 Å². The molecule has 0 aromatic heterocycles. The average Bonchev–Trinajstić information content (AvgIpc) is 3.43. The normalized spacial score (nSPS) is 16.3. The minimum absolute atomic E-state index is 0.00209. The molecule has 0 fully saturated rings. The van der Waals surface area contributed by atoms with Crippen LogP contribution in [0.25, 0.3) is 0 Å². The molecule has 0 spiro atoms. The van der Waals surface area contributed by atoms with Crippen molar-refractivity contribution in [3.63, 3.8) is 0 Å². The number of rotatable bonds is 32. The van der Waals surface area contributed by atoms with E-state index in [9.17, 15) is 51.6 Å². The smallest absolute Gasteiger partial charge is 0.312 e. The number of halogens is 1. The maximum atomic E-state index is 15.9. The predicted molar refractivity (Wildman–Crippen MR) is 323 cm³/mol. The number of amides is 10. The van der Waals surface area contributed by atoms with Gasteiger partial charge in [0.1, 0.15) is 23.9 Å². The molecule has 24 heteroatoms. The zero-order chi connectivity index (χ0) is 64.6. The zero-order valence-electron chi connectivity index (χ0n) is 52.4. The zero-order valence-corrected chi connectivity index (χ0v) is 53.2. The van der Waals surface area contributed by atoms with E-state index in [4.69, 9.17) is 10.5 Å². The number of benzene rings is 2. The van der Waals surface area contributed by atoms with Crippen LogP contribution in [0.4, 0.5) is 14.9 Å². The summed E-state index contributed by atoms with van der Waals surface area (Å²) in [5.74, 6) is -6.92. The van der Waals surface area contributed by atoms with E-state index in [0.717, 1.165) is 17.7 Å². The number of likely N-dealkylation sites (N-methyl/N-ethyl adjacent to an activating group) is 2. The Morgan fingerprint density at radius 1 is 0.788 bits per heavy atom. The number of carbonyl (C=O) groups excluding carboxylic acids is 9. The summed E-state index contributed by atoms with van der Waals surface area (Å²) in [6.07, 6.45) is 4.92. The molecule has 0 aliphatic carbocycles. The van der Waals surface area contributed by atoms with Crippen LogP contribution in [0, 0.1) is 33.9 Å². The largest absolute Gasteiger partial charge is 0.380 e. The van der Waals surface area contributed by atoms with Crippen molar-refractivity contribution in [1.82, 2.24) is 41.1 Å². The van der Waals surface area contributed by atoms with E-state index < -0.39 is 137 Å². The topological polar surface area (TPSA) is 314 Å². The Labute approximate surface area is 501 Å². The number of nitrogens with one attached hydrogen (secondary N) is 7. The minimum atomic E-state index is -4.76. The van der Waals surface area contributed by atoms with Gasteiger partial charge in [0.15, 0.2) is 0 Å². The van der Waals surface area contributed by atoms with Gasteiger partial charge in [-0.2, -0.15) is 0 Å². The highest BCUT2D eigenvalue weighted by molar-refractivity contribution is 7.90. The van der Waals surface area contributed by atoms with Crippen molar-refractivity contribution in [2.24, 2.45) is 33.8 Å². The predicted octanol–water partition coefficient (Wildman–Crippen LogP) is 5.33. The molecule has 0 radical (unpaired) electrons. The first-order valence-corrected chi connectivity index (χ1v) is 30.3. The lowest BCUT2D eigenvalue weighted by Gasteiger charge is -2.40. The van der Waals surface area contributed by atoms with Gasteiger partial charge >= 0.3 is 6.03 Å². The summed E-state index contributed by atoms with van der Waals surface area (Å²) in [5, 5.41) is 16.3. The van der Waals surface area contributed by atoms with E-state index in [1.54, 1.807) is 34.7 Å². The van der Waals surface area contributed by atoms with Crippen LogP contribution < -0.4 is 42.4 Å². The van der Waals surface area contributed by atoms with Crippen LogP contribution in [0.3, 0.4) is 0 Å². The second-order valence-corrected chi connectivity index (χ2v) is 26.8. The van der Waals surface area contributed by atoms with E-state index >= 15 is 4.39 Å². The Balaban J connectivity index is 1.77. The first-order valence-electron chi connectivity index (χ1n) is 28.8. The molecule has 9 N–H and O–H groups in total. The van der Waals surface area contributed by atoms with Crippen molar-refractivity contribution < 1.29 is 60.7 Å². The third kappa shape index (κ3) is 20.6. The number of urea groups is 1. The van der Waals surface area contributed by atoms with Crippen LogP contribution in [0.1, 0.15) is 135 Å². The Bertz CT molecular complexity index is 2890. The number of anilines is 1. The van der Waals surface area contributed by atoms with Crippen LogP contribution >= 0.6 is 0 Å². The van der Waals surface area contributed by atoms with Crippen LogP contribution in [0.2, 0.25) is 0 Å². The first-order chi connectivity index (χ1) is 39.4. The number of imide groups is 1. The van der Waals surface area contributed by atoms with Crippen molar-refractivity contribution in [3.8, 4) is 0 Å². The second-order valence-electron chi connectivity index (χ2n) is 25.1. The number of ether oxygens (including phenoxy) is 1. The van der Waals surface area contributed by atoms with Gasteiger partial charge in [-0.25, -0.2) is 22.3 Å². The lowest BCUT2D eigenvalue weighted by atomic mass is 9.76. The lowest BCUT2D eigenvalue weighted by Crippen LogP contribution is -2.61. The van der Waals surface area contributed by atoms with Crippen LogP contribution in [0.5, 0.6) is 0 Å². The lowest BCUT2D eigenvalue weighted by molar-refractivity contribution is -0.141. The molecule has 7 atom stereocenters. The molecule has 10 amide bonds. The van der Waals surface area contributed by atoms with Gasteiger partial charge in [-0.05, 0) is 86.1 Å². The van der Waals surface area contributed by atoms with Crippen molar-refractivity contribution >= 4 is 69.0 Å². The molecular weight excluding hydrogens is 1120 g/mol. The number of hydrogen-bond acceptors (Lipinski definition) is 13. The fourth-order valence-corrected chi connectivity index (χ4v) is 10.7. The molecule has 0 saturated carbocycles. The summed E-state index contributed by atoms with van der Waals surface area (Å²) in [5.41, 5.74) is 2.82. The van der Waals surface area contributed by atoms with Gasteiger partial charge in [0, 0.05) is 55.1 Å². The maximum absolute atomic E-state index is 15.9. The highest BCUT2D eigenvalue weighted by Gasteiger charge is 2.42. The minimum Gasteiger partial charge on any atom is -0.380 e. The second kappa shape index (κ2) is 30.9. The molecule has 1 aliphatic heterocycles. The van der Waals surface area contributed by atoms with Crippen molar-refractivity contribution in [2.75, 3.05) is 45.7 Å². The van der Waals surface area contributed by atoms with E-state index in [0.29, 0.717) is 18.9 Å². The highest BCUT2D eigenvalue weighted by Crippen LogP contribution is 2.32. The quantitative estimate of drug-likeness (QED) is 0.0261. The molecule has 0 bridgehead atoms. The van der Waals surface area contributed by atoms with E-state index in [1.165, 1.54) is 42.0 Å². The molecule has 472 valence electrons. The number of nitrogens with zero attached hydrogens (tertiary/aromatic N) is 2. The maximum Gasteiger partial charge on any atom is 0.312 e. The molecule has 22 nitrogen and oxygen atoms in total. The number of sulfonamides is 1. The highest BCUT2D eigenvalue weighted by atomic mass is 32.2. The summed E-state index contributed by atoms with van der Waals surface area (Å²) in [6.45, 7) is 25.7. The Morgan fingerprint density at radius 3 is 1.89 bits per heavy atom. The van der Waals surface area contributed by atoms with E-state index in [-0.39, 0.29) is 57.1 Å². The summed E-state index contributed by atoms with van der Waals surface area (Å²) < 4.78 is 51.3. The fraction of sp³-hybridized carbons (Fsp3) is 0.590. The fourth-order valence-electron chi connectivity index (χ4n) is 9.65. The molecule has 0 saturated heterocycles. The van der Waals surface area contributed by atoms with Gasteiger partial charge in [-0.15, -0.1) is 0 Å². The standard InChI is InChI=1S/C61H93FN10O12S/c1-17-60(13,35-84-36-61(14,18-2)34-72-47(74)28-29-48(72)75)33-46(73)68-49(38(5)6)54(78)67-44(25-22-30-65-57(63)81)53(77)66-43-27-26-41(32-42(43)62)85(82,83)70-52(76)39(7)31-45(37(3)4)71(16)56(80)51(58(8,9)10)69-55(79)50(64-15)59(11,12)40-23-20-19-21-24-40/h19-21,23-24,26-29,31-32,37-38,44-45,49-51,64H,17-18,22,25,30,33-36H2,1-16H3,(H,66,77)(H,67,78)(H,68,73)(H,69,79)(H,70,76)(H3,63,65,81). The molecule has 7 unspecified atom stereocenters. The molecule has 85 heavy (non-hydrogen) atoms. The molecule has 3 rings (SSSR count). The first kappa shape index (κ1) is 72.2. The molecule has 2 aromatic carbocycles. The number of carbonyl (C=O) groups is 9. The van der Waals surface area contributed by atoms with Crippen LogP contribution in [-0.2, 0) is 58.5 Å². The average molecular weight is 1210 g/mol. The van der Waals surface area contributed by atoms with Gasteiger partial charge in [0.25, 0.3) is 27.7 Å². The third-order valence-electron chi connectivity index (χ3n) is 15.7. The Hall–Kier alpha value is -7.05. The van der Waals surface area contributed by atoms with Crippen molar-refractivity contribution in [3.05, 3.63) is 83.7 Å². The summed E-state index contributed by atoms with van der Waals surface area (Å²) in [6, 6.07) is 6.10. The van der Waals surface area contributed by atoms with Gasteiger partial charge in [-0.3, -0.25) is 43.3 Å². The van der Waals surface area contributed by atoms with Gasteiger partial charge < -0.3 is 47.3 Å². The third-order valence-corrected chi connectivity index (χ3v) is 17.0. The number of hydrogen-bond donors (Lipinski definition) is 8. The van der Waals surface area contributed by atoms with Gasteiger partial charge in [-0.1, -0.05) is 126 Å². The number of nitrogens with two attached hydrogens (primary N) is 1. The van der Waals surface area contributed by atoms with Crippen LogP contribution in [-0.4, -0.2) is 142 Å². The van der Waals surface area contributed by atoms with E-state index in [1.807, 2.05) is 97.4 Å². The monoisotopic (exact) mass is 1210 g/mol. The Kier molecular flexibility index (Phi) is 26.2. The summed E-state index contributed by atoms with van der Waals surface area (Å²) in [7, 11) is -1.56. The van der Waals surface area contributed by atoms with Crippen molar-refractivity contribution in [1.29, 1.82) is 0 Å². The molecular formula is C61H93FN10O12S. The number of primary amides is 1. The summed E-state index contributed by atoms with van der Waals surface area (Å²) >= 11 is 0. The summed E-state index contributed by atoms with van der Waals surface area (Å²) in [4.78, 5) is 121. The van der Waals surface area contributed by atoms with Gasteiger partial charge in [0.05, 0.1) is 35.9 Å². The molecule has 1 aliphatic rings. The van der Waals surface area contributed by atoms with Crippen LogP contribution in [0.15, 0.2) is 77.2 Å². The molecule has 1 heterocycles. The van der Waals surface area contributed by atoms with E-state index in [2.05, 4.69) is 31.9 Å².